The lowest BCUT2D eigenvalue weighted by Crippen LogP contribution is -2.19. The van der Waals surface area contributed by atoms with Crippen LogP contribution in [0, 0.1) is 0 Å². The predicted octanol–water partition coefficient (Wildman–Crippen LogP) is 1.71. The van der Waals surface area contributed by atoms with E-state index in [2.05, 4.69) is 31.3 Å². The second kappa shape index (κ2) is 13.3. The topological polar surface area (TPSA) is 116 Å². The number of unbranched alkanes of at least 4 members (excludes halogenated alkanes) is 1. The summed E-state index contributed by atoms with van der Waals surface area (Å²) in [4.78, 5) is 18.2. The van der Waals surface area contributed by atoms with Gasteiger partial charge in [-0.2, -0.15) is 0 Å². The summed E-state index contributed by atoms with van der Waals surface area (Å²) in [5, 5.41) is 26.5. The van der Waals surface area contributed by atoms with Crippen molar-refractivity contribution in [1.82, 2.24) is 5.32 Å². The Morgan fingerprint density at radius 2 is 1.79 bits per heavy atom. The fraction of sp³-hybridized carbons (Fsp3) is 0.529. The van der Waals surface area contributed by atoms with Crippen LogP contribution in [0.25, 0.3) is 0 Å². The van der Waals surface area contributed by atoms with E-state index in [0.717, 1.165) is 31.7 Å². The van der Waals surface area contributed by atoms with Crippen molar-refractivity contribution in [3.63, 3.8) is 0 Å². The summed E-state index contributed by atoms with van der Waals surface area (Å²) < 4.78 is 5.73. The SMILES string of the molecule is CC(C)c1cccc(OCCCCNCCO)c1.O=C(O)C(=O)O. The van der Waals surface area contributed by atoms with Crippen molar-refractivity contribution in [3.05, 3.63) is 29.8 Å². The Kier molecular flexibility index (Phi) is 12.2. The lowest BCUT2D eigenvalue weighted by Gasteiger charge is -2.10. The van der Waals surface area contributed by atoms with Crippen LogP contribution in [0.15, 0.2) is 24.3 Å². The summed E-state index contributed by atoms with van der Waals surface area (Å²) in [5.74, 6) is -2.15. The minimum Gasteiger partial charge on any atom is -0.494 e. The first kappa shape index (κ1) is 21.9. The fourth-order valence-corrected chi connectivity index (χ4v) is 1.71. The number of carboxylic acid groups (broad SMARTS) is 2. The third kappa shape index (κ3) is 11.4. The largest absolute Gasteiger partial charge is 0.494 e. The molecule has 136 valence electrons. The standard InChI is InChI=1S/C15H25NO2.C2H2O4/c1-13(2)14-6-5-7-15(12-14)18-11-4-3-8-16-9-10-17;3-1(4)2(5)6/h5-7,12-13,16-17H,3-4,8-11H2,1-2H3;(H,3,4)(H,5,6). The van der Waals surface area contributed by atoms with E-state index in [4.69, 9.17) is 29.6 Å². The summed E-state index contributed by atoms with van der Waals surface area (Å²) in [5.41, 5.74) is 1.32. The highest BCUT2D eigenvalue weighted by molar-refractivity contribution is 6.27. The Morgan fingerprint density at radius 3 is 2.33 bits per heavy atom. The van der Waals surface area contributed by atoms with Crippen LogP contribution >= 0.6 is 0 Å². The molecule has 0 fully saturated rings. The first-order valence-electron chi connectivity index (χ1n) is 7.89. The van der Waals surface area contributed by atoms with Crippen molar-refractivity contribution in [2.75, 3.05) is 26.3 Å². The molecule has 0 radical (unpaired) electrons. The van der Waals surface area contributed by atoms with Gasteiger partial charge >= 0.3 is 11.9 Å². The van der Waals surface area contributed by atoms with Gasteiger partial charge in [-0.15, -0.1) is 0 Å². The van der Waals surface area contributed by atoms with Crippen LogP contribution in [0.5, 0.6) is 5.75 Å². The summed E-state index contributed by atoms with van der Waals surface area (Å²) in [7, 11) is 0. The molecule has 0 aliphatic heterocycles. The number of rotatable bonds is 9. The van der Waals surface area contributed by atoms with Gasteiger partial charge in [0, 0.05) is 6.54 Å². The van der Waals surface area contributed by atoms with E-state index in [1.165, 1.54) is 5.56 Å². The minimum atomic E-state index is -1.82. The van der Waals surface area contributed by atoms with Crippen molar-refractivity contribution >= 4 is 11.9 Å². The van der Waals surface area contributed by atoms with E-state index in [9.17, 15) is 0 Å². The summed E-state index contributed by atoms with van der Waals surface area (Å²) in [6, 6.07) is 8.31. The third-order valence-electron chi connectivity index (χ3n) is 3.01. The lowest BCUT2D eigenvalue weighted by molar-refractivity contribution is -0.159. The summed E-state index contributed by atoms with van der Waals surface area (Å²) >= 11 is 0. The molecular weight excluding hydrogens is 314 g/mol. The van der Waals surface area contributed by atoms with Crippen LogP contribution in [0.4, 0.5) is 0 Å². The molecule has 0 saturated carbocycles. The van der Waals surface area contributed by atoms with Gasteiger partial charge < -0.3 is 25.4 Å². The fourth-order valence-electron chi connectivity index (χ4n) is 1.71. The second-order valence-electron chi connectivity index (χ2n) is 5.37. The third-order valence-corrected chi connectivity index (χ3v) is 3.01. The molecule has 0 amide bonds. The molecule has 7 nitrogen and oxygen atoms in total. The van der Waals surface area contributed by atoms with E-state index in [1.807, 2.05) is 12.1 Å². The van der Waals surface area contributed by atoms with Crippen molar-refractivity contribution in [2.45, 2.75) is 32.6 Å². The molecule has 0 aromatic heterocycles. The average molecular weight is 341 g/mol. The number of carboxylic acids is 2. The van der Waals surface area contributed by atoms with Gasteiger partial charge in [-0.05, 0) is 43.0 Å². The van der Waals surface area contributed by atoms with E-state index in [1.54, 1.807) is 0 Å². The average Bonchev–Trinajstić information content (AvgIpc) is 2.54. The summed E-state index contributed by atoms with van der Waals surface area (Å²) in [6.45, 7) is 6.95. The number of benzene rings is 1. The molecule has 1 aromatic carbocycles. The highest BCUT2D eigenvalue weighted by Gasteiger charge is 2.04. The number of carbonyl (C=O) groups is 2. The normalized spacial score (nSPS) is 10.0. The van der Waals surface area contributed by atoms with Gasteiger partial charge in [0.15, 0.2) is 0 Å². The van der Waals surface area contributed by atoms with Gasteiger partial charge in [0.2, 0.25) is 0 Å². The van der Waals surface area contributed by atoms with Crippen molar-refractivity contribution in [2.24, 2.45) is 0 Å². The molecule has 0 heterocycles. The van der Waals surface area contributed by atoms with E-state index >= 15 is 0 Å². The number of nitrogens with one attached hydrogen (secondary N) is 1. The number of hydrogen-bond donors (Lipinski definition) is 4. The van der Waals surface area contributed by atoms with Gasteiger partial charge in [-0.25, -0.2) is 9.59 Å². The molecule has 1 aromatic rings. The number of aliphatic hydroxyl groups excluding tert-OH is 1. The molecule has 0 aliphatic carbocycles. The molecule has 4 N–H and O–H groups in total. The van der Waals surface area contributed by atoms with Crippen LogP contribution in [-0.4, -0.2) is 53.6 Å². The van der Waals surface area contributed by atoms with Gasteiger partial charge in [-0.1, -0.05) is 26.0 Å². The monoisotopic (exact) mass is 341 g/mol. The molecule has 0 spiro atoms. The molecule has 0 bridgehead atoms. The molecule has 0 saturated heterocycles. The number of aliphatic carboxylic acids is 2. The minimum absolute atomic E-state index is 0.207. The first-order valence-corrected chi connectivity index (χ1v) is 7.89. The van der Waals surface area contributed by atoms with Crippen LogP contribution < -0.4 is 10.1 Å². The zero-order chi connectivity index (χ0) is 18.4. The van der Waals surface area contributed by atoms with Crippen LogP contribution in [0.2, 0.25) is 0 Å². The first-order chi connectivity index (χ1) is 11.4. The highest BCUT2D eigenvalue weighted by atomic mass is 16.5. The maximum absolute atomic E-state index is 9.10. The summed E-state index contributed by atoms with van der Waals surface area (Å²) in [6.07, 6.45) is 2.11. The molecular formula is C17H27NO6. The molecule has 24 heavy (non-hydrogen) atoms. The highest BCUT2D eigenvalue weighted by Crippen LogP contribution is 2.20. The van der Waals surface area contributed by atoms with E-state index in [-0.39, 0.29) is 6.61 Å². The van der Waals surface area contributed by atoms with Gasteiger partial charge in [0.1, 0.15) is 5.75 Å². The Hall–Kier alpha value is -2.12. The lowest BCUT2D eigenvalue weighted by atomic mass is 10.0. The van der Waals surface area contributed by atoms with Crippen LogP contribution in [0.1, 0.15) is 38.2 Å². The Morgan fingerprint density at radius 1 is 1.12 bits per heavy atom. The molecule has 0 atom stereocenters. The van der Waals surface area contributed by atoms with E-state index in [0.29, 0.717) is 12.5 Å². The number of ether oxygens (including phenoxy) is 1. The van der Waals surface area contributed by atoms with Crippen molar-refractivity contribution in [1.29, 1.82) is 0 Å². The van der Waals surface area contributed by atoms with Gasteiger partial charge in [-0.3, -0.25) is 0 Å². The van der Waals surface area contributed by atoms with E-state index < -0.39 is 11.9 Å². The van der Waals surface area contributed by atoms with Crippen molar-refractivity contribution in [3.8, 4) is 5.75 Å². The Bertz CT molecular complexity index is 478. The van der Waals surface area contributed by atoms with Gasteiger partial charge in [0.05, 0.1) is 13.2 Å². The maximum Gasteiger partial charge on any atom is 0.414 e. The molecule has 0 aliphatic rings. The van der Waals surface area contributed by atoms with Crippen molar-refractivity contribution < 1.29 is 29.6 Å². The quantitative estimate of drug-likeness (QED) is 0.399. The Balaban J connectivity index is 0.000000754. The number of hydrogen-bond acceptors (Lipinski definition) is 5. The second-order valence-corrected chi connectivity index (χ2v) is 5.37. The maximum atomic E-state index is 9.10. The van der Waals surface area contributed by atoms with Crippen LogP contribution in [-0.2, 0) is 9.59 Å². The van der Waals surface area contributed by atoms with Crippen LogP contribution in [0.3, 0.4) is 0 Å². The smallest absolute Gasteiger partial charge is 0.414 e. The Labute approximate surface area is 142 Å². The van der Waals surface area contributed by atoms with Gasteiger partial charge in [0.25, 0.3) is 0 Å². The molecule has 0 unspecified atom stereocenters. The zero-order valence-electron chi connectivity index (χ0n) is 14.2. The zero-order valence-corrected chi connectivity index (χ0v) is 14.2. The predicted molar refractivity (Wildman–Crippen MR) is 90.5 cm³/mol. The molecule has 1 rings (SSSR count). The molecule has 7 heteroatoms. The number of aliphatic hydroxyl groups is 1.